The predicted molar refractivity (Wildman–Crippen MR) is 85.9 cm³/mol. The van der Waals surface area contributed by atoms with Gasteiger partial charge in [0, 0.05) is 9.64 Å². The van der Waals surface area contributed by atoms with Gasteiger partial charge in [-0.05, 0) is 40.8 Å². The number of benzene rings is 1. The molecule has 1 N–H and O–H groups in total. The van der Waals surface area contributed by atoms with E-state index in [0.717, 1.165) is 18.2 Å². The van der Waals surface area contributed by atoms with Crippen molar-refractivity contribution in [2.24, 2.45) is 0 Å². The Kier molecular flexibility index (Phi) is 4.70. The van der Waals surface area contributed by atoms with Gasteiger partial charge in [-0.15, -0.1) is 11.3 Å². The van der Waals surface area contributed by atoms with Gasteiger partial charge >= 0.3 is 0 Å². The van der Waals surface area contributed by atoms with Crippen molar-refractivity contribution in [3.8, 4) is 0 Å². The second kappa shape index (κ2) is 6.02. The third kappa shape index (κ3) is 3.62. The van der Waals surface area contributed by atoms with Crippen LogP contribution in [0.5, 0.6) is 0 Å². The number of thiophene rings is 1. The molecule has 0 unspecified atom stereocenters. The topological polar surface area (TPSA) is 89.3 Å². The average molecular weight is 463 g/mol. The van der Waals surface area contributed by atoms with Crippen molar-refractivity contribution in [3.05, 3.63) is 48.1 Å². The highest BCUT2D eigenvalue weighted by Gasteiger charge is 2.25. The predicted octanol–water partition coefficient (Wildman–Crippen LogP) is 3.85. The number of hydrogen-bond donors (Lipinski definition) is 1. The Labute approximate surface area is 141 Å². The Bertz CT molecular complexity index is 824. The smallest absolute Gasteiger partial charge is 0.278 e. The maximum Gasteiger partial charge on any atom is 0.300 e. The van der Waals surface area contributed by atoms with Gasteiger partial charge in [-0.3, -0.25) is 14.8 Å². The van der Waals surface area contributed by atoms with E-state index in [1.165, 1.54) is 6.07 Å². The van der Waals surface area contributed by atoms with Gasteiger partial charge in [-0.25, -0.2) is 12.8 Å². The molecule has 0 saturated carbocycles. The van der Waals surface area contributed by atoms with Gasteiger partial charge in [0.1, 0.15) is 10.0 Å². The van der Waals surface area contributed by atoms with Crippen LogP contribution < -0.4 is 4.72 Å². The minimum Gasteiger partial charge on any atom is -0.278 e. The van der Waals surface area contributed by atoms with E-state index in [4.69, 9.17) is 11.6 Å². The van der Waals surface area contributed by atoms with Crippen LogP contribution in [0.2, 0.25) is 4.34 Å². The minimum absolute atomic E-state index is 0.171. The van der Waals surface area contributed by atoms with Crippen LogP contribution in [0.25, 0.3) is 0 Å². The molecule has 0 amide bonds. The highest BCUT2D eigenvalue weighted by atomic mass is 127. The summed E-state index contributed by atoms with van der Waals surface area (Å²) in [6.45, 7) is 0. The number of nitrogens with zero attached hydrogens (tertiary/aromatic N) is 1. The zero-order valence-corrected chi connectivity index (χ0v) is 14.4. The van der Waals surface area contributed by atoms with E-state index in [9.17, 15) is 22.9 Å². The first kappa shape index (κ1) is 16.4. The summed E-state index contributed by atoms with van der Waals surface area (Å²) < 4.78 is 39.3. The van der Waals surface area contributed by atoms with Crippen LogP contribution in [0.15, 0.2) is 28.5 Å². The molecule has 2 aromatic rings. The molecule has 6 nitrogen and oxygen atoms in total. The highest BCUT2D eigenvalue weighted by Crippen LogP contribution is 2.37. The van der Waals surface area contributed by atoms with E-state index in [1.807, 2.05) is 0 Å². The van der Waals surface area contributed by atoms with Crippen LogP contribution in [0.3, 0.4) is 0 Å². The highest BCUT2D eigenvalue weighted by molar-refractivity contribution is 14.1. The first-order chi connectivity index (χ1) is 9.70. The lowest BCUT2D eigenvalue weighted by Gasteiger charge is -2.07. The monoisotopic (exact) mass is 462 g/mol. The average Bonchev–Trinajstić information content (AvgIpc) is 2.76. The summed E-state index contributed by atoms with van der Waals surface area (Å²) in [6, 6.07) is 4.40. The zero-order chi connectivity index (χ0) is 15.8. The van der Waals surface area contributed by atoms with Gasteiger partial charge < -0.3 is 0 Å². The summed E-state index contributed by atoms with van der Waals surface area (Å²) in [5, 5.41) is 10.7. The lowest BCUT2D eigenvalue weighted by molar-refractivity contribution is -0.384. The number of anilines is 1. The number of rotatable bonds is 4. The molecule has 0 aliphatic heterocycles. The van der Waals surface area contributed by atoms with Crippen molar-refractivity contribution in [3.63, 3.8) is 0 Å². The summed E-state index contributed by atoms with van der Waals surface area (Å²) in [7, 11) is -4.03. The molecule has 0 bridgehead atoms. The molecule has 1 heterocycles. The summed E-state index contributed by atoms with van der Waals surface area (Å²) in [5.74, 6) is -0.503. The molecule has 0 aliphatic carbocycles. The van der Waals surface area contributed by atoms with E-state index in [2.05, 4.69) is 4.72 Å². The molecule has 0 atom stereocenters. The van der Waals surface area contributed by atoms with Crippen LogP contribution in [-0.4, -0.2) is 13.3 Å². The Morgan fingerprint density at radius 2 is 2.05 bits per heavy atom. The maximum atomic E-state index is 13.0. The SMILES string of the molecule is O=[N+]([O-])c1cc(S(=O)(=O)Nc2ccc(F)cc2I)sc1Cl. The fourth-order valence-electron chi connectivity index (χ4n) is 1.36. The molecule has 0 spiro atoms. The van der Waals surface area contributed by atoms with Crippen LogP contribution in [0, 0.1) is 19.5 Å². The van der Waals surface area contributed by atoms with Crippen molar-refractivity contribution in [2.45, 2.75) is 4.21 Å². The van der Waals surface area contributed by atoms with Crippen LogP contribution in [0.1, 0.15) is 0 Å². The summed E-state index contributed by atoms with van der Waals surface area (Å²) in [6.07, 6.45) is 0. The van der Waals surface area contributed by atoms with Gasteiger partial charge in [-0.1, -0.05) is 11.6 Å². The number of sulfonamides is 1. The summed E-state index contributed by atoms with van der Waals surface area (Å²) >= 11 is 7.98. The second-order valence-corrected chi connectivity index (χ2v) is 8.44. The van der Waals surface area contributed by atoms with Crippen molar-refractivity contribution < 1.29 is 17.7 Å². The van der Waals surface area contributed by atoms with E-state index in [0.29, 0.717) is 14.9 Å². The van der Waals surface area contributed by atoms with Crippen LogP contribution >= 0.6 is 45.5 Å². The van der Waals surface area contributed by atoms with Crippen molar-refractivity contribution in [2.75, 3.05) is 4.72 Å². The van der Waals surface area contributed by atoms with Gasteiger partial charge in [0.2, 0.25) is 0 Å². The van der Waals surface area contributed by atoms with Gasteiger partial charge in [0.05, 0.1) is 10.6 Å². The van der Waals surface area contributed by atoms with Gasteiger partial charge in [0.15, 0.2) is 4.34 Å². The van der Waals surface area contributed by atoms with Gasteiger partial charge in [-0.2, -0.15) is 0 Å². The van der Waals surface area contributed by atoms with Gasteiger partial charge in [0.25, 0.3) is 15.7 Å². The molecule has 112 valence electrons. The summed E-state index contributed by atoms with van der Waals surface area (Å²) in [5.41, 5.74) is -0.306. The first-order valence-electron chi connectivity index (χ1n) is 5.12. The standard InChI is InChI=1S/C10H5ClFIN2O4S2/c11-10-8(15(16)17)4-9(20-10)21(18,19)14-7-2-1-5(12)3-6(7)13/h1-4,14H. The molecular weight excluding hydrogens is 458 g/mol. The number of hydrogen-bond acceptors (Lipinski definition) is 5. The van der Waals surface area contributed by atoms with E-state index >= 15 is 0 Å². The van der Waals surface area contributed by atoms with Crippen LogP contribution in [-0.2, 0) is 10.0 Å². The fraction of sp³-hybridized carbons (Fsp3) is 0. The third-order valence-corrected chi connectivity index (χ3v) is 6.35. The molecule has 0 radical (unpaired) electrons. The quantitative estimate of drug-likeness (QED) is 0.425. The fourth-order valence-corrected chi connectivity index (χ4v) is 4.90. The normalized spacial score (nSPS) is 11.4. The Balaban J connectivity index is 2.38. The second-order valence-electron chi connectivity index (χ2n) is 3.71. The molecule has 0 aliphatic rings. The molecular formula is C10H5ClFIN2O4S2. The summed E-state index contributed by atoms with van der Waals surface area (Å²) in [4.78, 5) is 9.92. The molecule has 0 fully saturated rings. The molecule has 1 aromatic carbocycles. The van der Waals surface area contributed by atoms with Crippen LogP contribution in [0.4, 0.5) is 15.8 Å². The first-order valence-corrected chi connectivity index (χ1v) is 8.88. The molecule has 11 heteroatoms. The largest absolute Gasteiger partial charge is 0.300 e. The molecule has 21 heavy (non-hydrogen) atoms. The Morgan fingerprint density at radius 1 is 1.38 bits per heavy atom. The van der Waals surface area contributed by atoms with Crippen molar-refractivity contribution in [1.29, 1.82) is 0 Å². The number of nitro groups is 1. The minimum atomic E-state index is -4.03. The van der Waals surface area contributed by atoms with E-state index < -0.39 is 26.5 Å². The van der Waals surface area contributed by atoms with E-state index in [1.54, 1.807) is 22.6 Å². The Morgan fingerprint density at radius 3 is 2.57 bits per heavy atom. The number of nitrogens with one attached hydrogen (secondary N) is 1. The third-order valence-electron chi connectivity index (χ3n) is 2.28. The lowest BCUT2D eigenvalue weighted by atomic mass is 10.3. The molecule has 1 aromatic heterocycles. The Hall–Kier alpha value is -0.980. The molecule has 0 saturated heterocycles. The van der Waals surface area contributed by atoms with Crippen molar-refractivity contribution in [1.82, 2.24) is 0 Å². The van der Waals surface area contributed by atoms with Crippen molar-refractivity contribution >= 4 is 66.9 Å². The lowest BCUT2D eigenvalue weighted by Crippen LogP contribution is -2.12. The van der Waals surface area contributed by atoms with E-state index in [-0.39, 0.29) is 14.2 Å². The number of halogens is 3. The maximum absolute atomic E-state index is 13.0. The molecule has 2 rings (SSSR count). The zero-order valence-electron chi connectivity index (χ0n) is 9.84.